The summed E-state index contributed by atoms with van der Waals surface area (Å²) in [5.74, 6) is 1.24. The largest absolute Gasteiger partial charge is 0.493 e. The minimum absolute atomic E-state index is 0.118. The molecule has 0 aliphatic carbocycles. The predicted octanol–water partition coefficient (Wildman–Crippen LogP) is 4.01. The standard InChI is InChI=1S/C23H23ClN4O4S/c1-31-18-11-15-17(12-19(18)32-2)27-23(33)28-21(15)26-16(22(28)30)7-8-20(29)25-10-9-13-3-5-14(24)6-4-13/h3-6,11-12,16,26H,7-10H2,1-2H3,(H,25,29). The van der Waals surface area contributed by atoms with Crippen molar-refractivity contribution in [1.82, 2.24) is 14.9 Å². The van der Waals surface area contributed by atoms with Gasteiger partial charge in [-0.1, -0.05) is 23.7 Å². The summed E-state index contributed by atoms with van der Waals surface area (Å²) < 4.78 is 12.2. The number of methoxy groups -OCH3 is 2. The highest BCUT2D eigenvalue weighted by Crippen LogP contribution is 2.36. The van der Waals surface area contributed by atoms with Crippen LogP contribution in [0.1, 0.15) is 23.2 Å². The van der Waals surface area contributed by atoms with Crippen molar-refractivity contribution in [1.29, 1.82) is 0 Å². The smallest absolute Gasteiger partial charge is 0.257 e. The summed E-state index contributed by atoms with van der Waals surface area (Å²) in [5.41, 5.74) is 1.67. The van der Waals surface area contributed by atoms with E-state index in [2.05, 4.69) is 15.6 Å². The highest BCUT2D eigenvalue weighted by atomic mass is 35.5. The second-order valence-corrected chi connectivity index (χ2v) is 8.40. The Hall–Kier alpha value is -3.17. The number of aromatic nitrogens is 2. The van der Waals surface area contributed by atoms with Crippen molar-refractivity contribution in [2.75, 3.05) is 26.1 Å². The van der Waals surface area contributed by atoms with E-state index in [1.165, 1.54) is 4.57 Å². The highest BCUT2D eigenvalue weighted by molar-refractivity contribution is 7.71. The van der Waals surface area contributed by atoms with Crippen LogP contribution in [0, 0.1) is 4.77 Å². The first-order valence-corrected chi connectivity index (χ1v) is 11.2. The molecular formula is C23H23ClN4O4S. The van der Waals surface area contributed by atoms with Crippen molar-refractivity contribution in [3.63, 3.8) is 0 Å². The van der Waals surface area contributed by atoms with Crippen LogP contribution in [-0.4, -0.2) is 48.2 Å². The monoisotopic (exact) mass is 486 g/mol. The predicted molar refractivity (Wildman–Crippen MR) is 129 cm³/mol. The van der Waals surface area contributed by atoms with E-state index in [1.807, 2.05) is 24.3 Å². The molecule has 1 amide bonds. The lowest BCUT2D eigenvalue weighted by molar-refractivity contribution is -0.121. The van der Waals surface area contributed by atoms with Crippen LogP contribution in [-0.2, 0) is 11.2 Å². The Morgan fingerprint density at radius 2 is 1.91 bits per heavy atom. The molecule has 0 fully saturated rings. The van der Waals surface area contributed by atoms with Crippen LogP contribution in [0.2, 0.25) is 5.02 Å². The minimum atomic E-state index is -0.575. The number of fused-ring (bicyclic) bond motifs is 3. The fourth-order valence-corrected chi connectivity index (χ4v) is 4.21. The van der Waals surface area contributed by atoms with E-state index in [1.54, 1.807) is 26.4 Å². The SMILES string of the molecule is COc1cc2nc(=S)n3c(c2cc1OC)NC(CCC(=O)NCCc1ccc(Cl)cc1)C3=O. The first kappa shape index (κ1) is 23.0. The lowest BCUT2D eigenvalue weighted by Crippen LogP contribution is -2.30. The molecule has 8 nitrogen and oxygen atoms in total. The number of nitrogens with zero attached hydrogens (tertiary/aromatic N) is 2. The Kier molecular flexibility index (Phi) is 6.80. The number of anilines is 1. The van der Waals surface area contributed by atoms with Crippen molar-refractivity contribution >= 4 is 52.4 Å². The lowest BCUT2D eigenvalue weighted by Gasteiger charge is -2.12. The van der Waals surface area contributed by atoms with Gasteiger partial charge in [-0.2, -0.15) is 0 Å². The van der Waals surface area contributed by atoms with Crippen LogP contribution < -0.4 is 20.1 Å². The molecule has 1 atom stereocenters. The maximum absolute atomic E-state index is 13.0. The van der Waals surface area contributed by atoms with E-state index in [-0.39, 0.29) is 23.0 Å². The summed E-state index contributed by atoms with van der Waals surface area (Å²) in [4.78, 5) is 29.7. The van der Waals surface area contributed by atoms with Crippen LogP contribution >= 0.6 is 23.8 Å². The summed E-state index contributed by atoms with van der Waals surface area (Å²) in [5, 5.41) is 7.47. The third kappa shape index (κ3) is 4.79. The Labute approximate surface area is 200 Å². The molecule has 0 saturated heterocycles. The minimum Gasteiger partial charge on any atom is -0.493 e. The van der Waals surface area contributed by atoms with Gasteiger partial charge in [-0.25, -0.2) is 9.55 Å². The molecule has 3 aromatic rings. The fourth-order valence-electron chi connectivity index (χ4n) is 3.81. The third-order valence-electron chi connectivity index (χ3n) is 5.53. The number of halogens is 1. The van der Waals surface area contributed by atoms with Gasteiger partial charge in [0, 0.05) is 29.4 Å². The van der Waals surface area contributed by atoms with Gasteiger partial charge in [-0.3, -0.25) is 9.59 Å². The van der Waals surface area contributed by atoms with Gasteiger partial charge in [-0.15, -0.1) is 0 Å². The second-order valence-electron chi connectivity index (χ2n) is 7.60. The van der Waals surface area contributed by atoms with E-state index >= 15 is 0 Å². The number of hydrogen-bond donors (Lipinski definition) is 2. The van der Waals surface area contributed by atoms with E-state index in [9.17, 15) is 9.59 Å². The Bertz CT molecular complexity index is 1280. The van der Waals surface area contributed by atoms with E-state index in [0.29, 0.717) is 52.6 Å². The van der Waals surface area contributed by atoms with E-state index in [0.717, 1.165) is 5.56 Å². The number of ether oxygens (including phenoxy) is 2. The van der Waals surface area contributed by atoms with Crippen LogP contribution in [0.15, 0.2) is 36.4 Å². The van der Waals surface area contributed by atoms with Crippen molar-refractivity contribution in [2.45, 2.75) is 25.3 Å². The molecule has 10 heteroatoms. The molecule has 172 valence electrons. The molecule has 1 aliphatic heterocycles. The van der Waals surface area contributed by atoms with Gasteiger partial charge in [-0.05, 0) is 48.8 Å². The Morgan fingerprint density at radius 1 is 1.21 bits per heavy atom. The van der Waals surface area contributed by atoms with Gasteiger partial charge in [0.1, 0.15) is 11.9 Å². The Balaban J connectivity index is 1.42. The second kappa shape index (κ2) is 9.76. The van der Waals surface area contributed by atoms with Gasteiger partial charge in [0.15, 0.2) is 11.5 Å². The molecular weight excluding hydrogens is 464 g/mol. The van der Waals surface area contributed by atoms with E-state index in [4.69, 9.17) is 33.3 Å². The number of nitrogens with one attached hydrogen (secondary N) is 2. The van der Waals surface area contributed by atoms with Gasteiger partial charge >= 0.3 is 0 Å². The van der Waals surface area contributed by atoms with Crippen LogP contribution in [0.25, 0.3) is 10.9 Å². The van der Waals surface area contributed by atoms with Crippen molar-refractivity contribution in [2.24, 2.45) is 0 Å². The number of rotatable bonds is 8. The third-order valence-corrected chi connectivity index (χ3v) is 6.05. The lowest BCUT2D eigenvalue weighted by atomic mass is 10.1. The number of hydrogen-bond acceptors (Lipinski definition) is 7. The molecule has 1 aromatic heterocycles. The zero-order valence-corrected chi connectivity index (χ0v) is 19.8. The van der Waals surface area contributed by atoms with Crippen LogP contribution in [0.3, 0.4) is 0 Å². The molecule has 2 heterocycles. The molecule has 0 spiro atoms. The normalized spacial score (nSPS) is 14.6. The zero-order valence-electron chi connectivity index (χ0n) is 18.2. The number of carbonyl (C=O) groups excluding carboxylic acids is 2. The molecule has 4 rings (SSSR count). The molecule has 2 N–H and O–H groups in total. The molecule has 0 saturated carbocycles. The van der Waals surface area contributed by atoms with Crippen LogP contribution in [0.4, 0.5) is 5.82 Å². The topological polar surface area (TPSA) is 94.5 Å². The average molecular weight is 487 g/mol. The summed E-state index contributed by atoms with van der Waals surface area (Å²) >= 11 is 11.2. The van der Waals surface area contributed by atoms with E-state index < -0.39 is 6.04 Å². The summed E-state index contributed by atoms with van der Waals surface area (Å²) in [6, 6.07) is 10.4. The Morgan fingerprint density at radius 3 is 2.61 bits per heavy atom. The van der Waals surface area contributed by atoms with Gasteiger partial charge in [0.2, 0.25) is 10.7 Å². The van der Waals surface area contributed by atoms with Crippen molar-refractivity contribution in [3.8, 4) is 11.5 Å². The highest BCUT2D eigenvalue weighted by Gasteiger charge is 2.32. The first-order valence-electron chi connectivity index (χ1n) is 10.4. The van der Waals surface area contributed by atoms with Gasteiger partial charge < -0.3 is 20.1 Å². The van der Waals surface area contributed by atoms with Crippen molar-refractivity contribution < 1.29 is 19.1 Å². The number of benzene rings is 2. The number of carbonyl (C=O) groups is 2. The molecule has 0 bridgehead atoms. The fraction of sp³-hybridized carbons (Fsp3) is 0.304. The maximum Gasteiger partial charge on any atom is 0.257 e. The first-order chi connectivity index (χ1) is 15.9. The summed E-state index contributed by atoms with van der Waals surface area (Å²) in [7, 11) is 3.08. The summed E-state index contributed by atoms with van der Waals surface area (Å²) in [6.45, 7) is 0.508. The van der Waals surface area contributed by atoms with Gasteiger partial charge in [0.05, 0.1) is 19.7 Å². The quantitative estimate of drug-likeness (QED) is 0.464. The molecule has 1 aliphatic rings. The molecule has 1 unspecified atom stereocenters. The zero-order chi connectivity index (χ0) is 23.5. The number of amides is 1. The molecule has 2 aromatic carbocycles. The molecule has 0 radical (unpaired) electrons. The van der Waals surface area contributed by atoms with Crippen LogP contribution in [0.5, 0.6) is 11.5 Å². The maximum atomic E-state index is 13.0. The van der Waals surface area contributed by atoms with Crippen molar-refractivity contribution in [3.05, 3.63) is 51.8 Å². The molecule has 33 heavy (non-hydrogen) atoms. The van der Waals surface area contributed by atoms with Gasteiger partial charge in [0.25, 0.3) is 5.91 Å². The average Bonchev–Trinajstić information content (AvgIpc) is 3.15. The summed E-state index contributed by atoms with van der Waals surface area (Å²) in [6.07, 6.45) is 1.23.